The average Bonchev–Trinajstić information content (AvgIpc) is 2.84. The molecule has 1 fully saturated rings. The molecule has 4 nitrogen and oxygen atoms in total. The summed E-state index contributed by atoms with van der Waals surface area (Å²) in [6.45, 7) is 3.91. The highest BCUT2D eigenvalue weighted by Gasteiger charge is 2.26. The Kier molecular flexibility index (Phi) is 4.06. The van der Waals surface area contributed by atoms with Crippen molar-refractivity contribution in [2.45, 2.75) is 25.9 Å². The second-order valence-electron chi connectivity index (χ2n) is 4.66. The van der Waals surface area contributed by atoms with Gasteiger partial charge in [0.1, 0.15) is 6.07 Å². The zero-order valence-corrected chi connectivity index (χ0v) is 10.6. The van der Waals surface area contributed by atoms with Crippen LogP contribution in [0.2, 0.25) is 0 Å². The van der Waals surface area contributed by atoms with Gasteiger partial charge in [0.2, 0.25) is 0 Å². The third-order valence-corrected chi connectivity index (χ3v) is 3.49. The highest BCUT2D eigenvalue weighted by molar-refractivity contribution is 5.62. The monoisotopic (exact) mass is 245 g/mol. The van der Waals surface area contributed by atoms with E-state index in [0.29, 0.717) is 23.3 Å². The van der Waals surface area contributed by atoms with Gasteiger partial charge in [-0.25, -0.2) is 0 Å². The second-order valence-corrected chi connectivity index (χ2v) is 4.66. The Hall–Kier alpha value is -1.73. The second kappa shape index (κ2) is 5.74. The number of nitrogen functional groups attached to an aromatic ring is 1. The fourth-order valence-electron chi connectivity index (χ4n) is 2.40. The standard InChI is InChI=1S/C14H19N3O/c1-2-14-11(5-6-18-14)9-17-12-4-3-10(8-15)13(16)7-12/h3-4,7,11,14,17H,2,5-6,9,16H2,1H3. The van der Waals surface area contributed by atoms with Gasteiger partial charge in [-0.05, 0) is 31.0 Å². The minimum atomic E-state index is 0.369. The van der Waals surface area contributed by atoms with Crippen molar-refractivity contribution >= 4 is 11.4 Å². The molecule has 0 bridgehead atoms. The Bertz CT molecular complexity index is 453. The van der Waals surface area contributed by atoms with Gasteiger partial charge in [0, 0.05) is 24.8 Å². The zero-order valence-electron chi connectivity index (χ0n) is 10.6. The van der Waals surface area contributed by atoms with Crippen LogP contribution in [0.3, 0.4) is 0 Å². The summed E-state index contributed by atoms with van der Waals surface area (Å²) < 4.78 is 5.66. The highest BCUT2D eigenvalue weighted by atomic mass is 16.5. The van der Waals surface area contributed by atoms with Gasteiger partial charge in [0.25, 0.3) is 0 Å². The molecular formula is C14H19N3O. The summed E-state index contributed by atoms with van der Waals surface area (Å²) in [6, 6.07) is 7.52. The molecule has 2 rings (SSSR count). The number of nitrogens with zero attached hydrogens (tertiary/aromatic N) is 1. The van der Waals surface area contributed by atoms with E-state index < -0.39 is 0 Å². The first-order valence-corrected chi connectivity index (χ1v) is 6.39. The van der Waals surface area contributed by atoms with E-state index in [0.717, 1.165) is 31.7 Å². The van der Waals surface area contributed by atoms with Gasteiger partial charge in [-0.3, -0.25) is 0 Å². The molecule has 1 aliphatic rings. The van der Waals surface area contributed by atoms with Crippen LogP contribution in [0.4, 0.5) is 11.4 Å². The summed E-state index contributed by atoms with van der Waals surface area (Å²) in [4.78, 5) is 0. The molecule has 0 saturated carbocycles. The van der Waals surface area contributed by atoms with Crippen LogP contribution in [-0.4, -0.2) is 19.3 Å². The number of nitrogens with one attached hydrogen (secondary N) is 1. The summed E-state index contributed by atoms with van der Waals surface area (Å²) >= 11 is 0. The largest absolute Gasteiger partial charge is 0.398 e. The van der Waals surface area contributed by atoms with Crippen LogP contribution in [0.5, 0.6) is 0 Å². The number of nitriles is 1. The average molecular weight is 245 g/mol. The quantitative estimate of drug-likeness (QED) is 0.799. The van der Waals surface area contributed by atoms with Crippen molar-refractivity contribution in [3.05, 3.63) is 23.8 Å². The molecule has 1 aromatic carbocycles. The lowest BCUT2D eigenvalue weighted by molar-refractivity contribution is 0.0900. The SMILES string of the molecule is CCC1OCCC1CNc1ccc(C#N)c(N)c1. The zero-order chi connectivity index (χ0) is 13.0. The van der Waals surface area contributed by atoms with E-state index in [1.54, 1.807) is 6.07 Å². The molecule has 0 aromatic heterocycles. The first-order chi connectivity index (χ1) is 8.74. The van der Waals surface area contributed by atoms with Gasteiger partial charge in [0.15, 0.2) is 0 Å². The van der Waals surface area contributed by atoms with E-state index in [4.69, 9.17) is 15.7 Å². The van der Waals surface area contributed by atoms with Gasteiger partial charge in [0.05, 0.1) is 17.4 Å². The van der Waals surface area contributed by atoms with Crippen molar-refractivity contribution in [1.29, 1.82) is 5.26 Å². The molecule has 0 aliphatic carbocycles. The van der Waals surface area contributed by atoms with Crippen LogP contribution >= 0.6 is 0 Å². The molecule has 1 aromatic rings. The summed E-state index contributed by atoms with van der Waals surface area (Å²) in [6.07, 6.45) is 2.53. The minimum absolute atomic E-state index is 0.369. The van der Waals surface area contributed by atoms with E-state index in [1.807, 2.05) is 12.1 Å². The Morgan fingerprint density at radius 1 is 1.56 bits per heavy atom. The maximum absolute atomic E-state index is 8.81. The predicted molar refractivity (Wildman–Crippen MR) is 72.2 cm³/mol. The fraction of sp³-hybridized carbons (Fsp3) is 0.500. The van der Waals surface area contributed by atoms with Gasteiger partial charge in [-0.1, -0.05) is 6.92 Å². The van der Waals surface area contributed by atoms with E-state index in [2.05, 4.69) is 18.3 Å². The van der Waals surface area contributed by atoms with Crippen LogP contribution in [0, 0.1) is 17.2 Å². The van der Waals surface area contributed by atoms with Crippen molar-refractivity contribution in [3.63, 3.8) is 0 Å². The molecule has 0 amide bonds. The van der Waals surface area contributed by atoms with Crippen LogP contribution in [0.15, 0.2) is 18.2 Å². The molecule has 3 N–H and O–H groups in total. The molecule has 1 aliphatic heterocycles. The smallest absolute Gasteiger partial charge is 0.101 e. The van der Waals surface area contributed by atoms with Crippen molar-refractivity contribution in [2.75, 3.05) is 24.2 Å². The number of ether oxygens (including phenoxy) is 1. The maximum Gasteiger partial charge on any atom is 0.101 e. The molecule has 1 heterocycles. The maximum atomic E-state index is 8.81. The summed E-state index contributed by atoms with van der Waals surface area (Å²) in [5.41, 5.74) is 7.80. The van der Waals surface area contributed by atoms with Gasteiger partial charge in [-0.2, -0.15) is 5.26 Å². The number of hydrogen-bond acceptors (Lipinski definition) is 4. The van der Waals surface area contributed by atoms with Crippen molar-refractivity contribution in [1.82, 2.24) is 0 Å². The normalized spacial score (nSPS) is 22.7. The molecular weight excluding hydrogens is 226 g/mol. The van der Waals surface area contributed by atoms with Crippen LogP contribution in [0.1, 0.15) is 25.3 Å². The molecule has 96 valence electrons. The van der Waals surface area contributed by atoms with Gasteiger partial charge in [-0.15, -0.1) is 0 Å². The lowest BCUT2D eigenvalue weighted by atomic mass is 9.99. The van der Waals surface area contributed by atoms with Gasteiger partial charge < -0.3 is 15.8 Å². The van der Waals surface area contributed by atoms with Crippen molar-refractivity contribution in [3.8, 4) is 6.07 Å². The van der Waals surface area contributed by atoms with Crippen molar-refractivity contribution in [2.24, 2.45) is 5.92 Å². The van der Waals surface area contributed by atoms with Gasteiger partial charge >= 0.3 is 0 Å². The van der Waals surface area contributed by atoms with Crippen LogP contribution < -0.4 is 11.1 Å². The topological polar surface area (TPSA) is 71.1 Å². The summed E-state index contributed by atoms with van der Waals surface area (Å²) in [5, 5.41) is 12.2. The number of anilines is 2. The first-order valence-electron chi connectivity index (χ1n) is 6.39. The molecule has 0 radical (unpaired) electrons. The number of rotatable bonds is 4. The lowest BCUT2D eigenvalue weighted by Crippen LogP contribution is -2.22. The van der Waals surface area contributed by atoms with Crippen LogP contribution in [-0.2, 0) is 4.74 Å². The van der Waals surface area contributed by atoms with E-state index >= 15 is 0 Å². The molecule has 2 atom stereocenters. The Balaban J connectivity index is 1.94. The fourth-order valence-corrected chi connectivity index (χ4v) is 2.40. The summed E-state index contributed by atoms with van der Waals surface area (Å²) in [7, 11) is 0. The molecule has 1 saturated heterocycles. The first kappa shape index (κ1) is 12.7. The lowest BCUT2D eigenvalue weighted by Gasteiger charge is -2.18. The molecule has 4 heteroatoms. The minimum Gasteiger partial charge on any atom is -0.398 e. The highest BCUT2D eigenvalue weighted by Crippen LogP contribution is 2.24. The summed E-state index contributed by atoms with van der Waals surface area (Å²) in [5.74, 6) is 0.562. The van der Waals surface area contributed by atoms with Crippen LogP contribution in [0.25, 0.3) is 0 Å². The molecule has 0 spiro atoms. The predicted octanol–water partition coefficient (Wildman–Crippen LogP) is 2.37. The Morgan fingerprint density at radius 2 is 2.39 bits per heavy atom. The molecule has 2 unspecified atom stereocenters. The number of nitrogens with two attached hydrogens (primary N) is 1. The third kappa shape index (κ3) is 2.74. The third-order valence-electron chi connectivity index (χ3n) is 3.49. The Morgan fingerprint density at radius 3 is 3.06 bits per heavy atom. The molecule has 18 heavy (non-hydrogen) atoms. The van der Waals surface area contributed by atoms with E-state index in [-0.39, 0.29) is 0 Å². The number of benzene rings is 1. The number of hydrogen-bond donors (Lipinski definition) is 2. The van der Waals surface area contributed by atoms with E-state index in [1.165, 1.54) is 0 Å². The Labute approximate surface area is 108 Å². The van der Waals surface area contributed by atoms with Crippen molar-refractivity contribution < 1.29 is 4.74 Å². The van der Waals surface area contributed by atoms with E-state index in [9.17, 15) is 0 Å².